The Hall–Kier alpha value is -1.43. The van der Waals surface area contributed by atoms with E-state index in [0.29, 0.717) is 18.3 Å². The summed E-state index contributed by atoms with van der Waals surface area (Å²) >= 11 is 0. The van der Waals surface area contributed by atoms with E-state index in [9.17, 15) is 4.79 Å². The highest BCUT2D eigenvalue weighted by atomic mass is 16.5. The van der Waals surface area contributed by atoms with Gasteiger partial charge in [0.2, 0.25) is 0 Å². The van der Waals surface area contributed by atoms with Crippen LogP contribution in [0.1, 0.15) is 31.5 Å². The molecule has 0 amide bonds. The van der Waals surface area contributed by atoms with Gasteiger partial charge in [0.05, 0.1) is 12.6 Å². The molecule has 6 nitrogen and oxygen atoms in total. The average molecular weight is 198 g/mol. The van der Waals surface area contributed by atoms with Gasteiger partial charge in [0.15, 0.2) is 5.82 Å². The lowest BCUT2D eigenvalue weighted by atomic mass is 10.3. The van der Waals surface area contributed by atoms with Crippen molar-refractivity contribution < 1.29 is 9.53 Å². The standard InChI is InChI=1S/C8H14N4O2/c1-3-14-7(13)4-6-10-8(5(2)9)12-11-6/h5H,3-4,9H2,1-2H3,(H,10,11,12). The number of aromatic amines is 1. The van der Waals surface area contributed by atoms with Gasteiger partial charge >= 0.3 is 5.97 Å². The smallest absolute Gasteiger partial charge is 0.313 e. The number of hydrogen-bond donors (Lipinski definition) is 2. The van der Waals surface area contributed by atoms with Crippen LogP contribution in [0.25, 0.3) is 0 Å². The summed E-state index contributed by atoms with van der Waals surface area (Å²) in [7, 11) is 0. The van der Waals surface area contributed by atoms with Gasteiger partial charge in [-0.2, -0.15) is 5.10 Å². The molecule has 14 heavy (non-hydrogen) atoms. The molecule has 3 N–H and O–H groups in total. The molecule has 0 saturated carbocycles. The Morgan fingerprint density at radius 1 is 1.71 bits per heavy atom. The lowest BCUT2D eigenvalue weighted by molar-refractivity contribution is -0.142. The van der Waals surface area contributed by atoms with Gasteiger partial charge in [-0.3, -0.25) is 9.89 Å². The van der Waals surface area contributed by atoms with E-state index in [2.05, 4.69) is 15.2 Å². The number of nitrogens with zero attached hydrogens (tertiary/aromatic N) is 2. The zero-order valence-corrected chi connectivity index (χ0v) is 8.28. The normalized spacial score (nSPS) is 12.5. The molecule has 1 aromatic heterocycles. The second kappa shape index (κ2) is 4.71. The first-order valence-corrected chi connectivity index (χ1v) is 4.45. The molecular formula is C8H14N4O2. The molecule has 0 aromatic carbocycles. The summed E-state index contributed by atoms with van der Waals surface area (Å²) in [6.07, 6.45) is 0.105. The van der Waals surface area contributed by atoms with Crippen LogP contribution in [-0.2, 0) is 16.0 Å². The molecular weight excluding hydrogens is 184 g/mol. The first-order chi connectivity index (χ1) is 6.63. The lowest BCUT2D eigenvalue weighted by Gasteiger charge is -1.97. The van der Waals surface area contributed by atoms with Crippen molar-refractivity contribution in [3.63, 3.8) is 0 Å². The molecule has 0 aliphatic carbocycles. The van der Waals surface area contributed by atoms with E-state index in [4.69, 9.17) is 10.5 Å². The summed E-state index contributed by atoms with van der Waals surface area (Å²) in [5.74, 6) is 0.667. The maximum absolute atomic E-state index is 11.1. The Bertz CT molecular complexity index is 308. The number of rotatable bonds is 4. The molecule has 0 saturated heterocycles. The molecule has 1 atom stereocenters. The van der Waals surface area contributed by atoms with E-state index in [1.807, 2.05) is 0 Å². The SMILES string of the molecule is CCOC(=O)Cc1nc(C(C)N)n[nH]1. The van der Waals surface area contributed by atoms with Gasteiger partial charge < -0.3 is 10.5 Å². The van der Waals surface area contributed by atoms with Crippen molar-refractivity contribution in [3.8, 4) is 0 Å². The lowest BCUT2D eigenvalue weighted by Crippen LogP contribution is -2.09. The van der Waals surface area contributed by atoms with Crippen LogP contribution in [0.15, 0.2) is 0 Å². The second-order valence-corrected chi connectivity index (χ2v) is 2.91. The predicted molar refractivity (Wildman–Crippen MR) is 49.3 cm³/mol. The zero-order chi connectivity index (χ0) is 10.6. The largest absolute Gasteiger partial charge is 0.466 e. The molecule has 0 radical (unpaired) electrons. The van der Waals surface area contributed by atoms with Crippen molar-refractivity contribution in [3.05, 3.63) is 11.6 Å². The number of carbonyl (C=O) groups excluding carboxylic acids is 1. The van der Waals surface area contributed by atoms with Crippen LogP contribution >= 0.6 is 0 Å². The summed E-state index contributed by atoms with van der Waals surface area (Å²) in [5, 5.41) is 6.49. The average Bonchev–Trinajstić information content (AvgIpc) is 2.53. The first-order valence-electron chi connectivity index (χ1n) is 4.45. The number of esters is 1. The van der Waals surface area contributed by atoms with Gasteiger partial charge in [-0.25, -0.2) is 4.98 Å². The van der Waals surface area contributed by atoms with E-state index >= 15 is 0 Å². The quantitative estimate of drug-likeness (QED) is 0.660. The Labute approximate surface area is 81.9 Å². The van der Waals surface area contributed by atoms with Crippen LogP contribution in [0.4, 0.5) is 0 Å². The van der Waals surface area contributed by atoms with E-state index < -0.39 is 0 Å². The van der Waals surface area contributed by atoms with Crippen molar-refractivity contribution in [2.75, 3.05) is 6.61 Å². The number of nitrogens with two attached hydrogens (primary N) is 1. The Morgan fingerprint density at radius 3 is 2.93 bits per heavy atom. The van der Waals surface area contributed by atoms with E-state index in [0.717, 1.165) is 0 Å². The second-order valence-electron chi connectivity index (χ2n) is 2.91. The first kappa shape index (κ1) is 10.6. The van der Waals surface area contributed by atoms with Crippen molar-refractivity contribution in [2.45, 2.75) is 26.3 Å². The molecule has 1 aromatic rings. The molecule has 0 spiro atoms. The fraction of sp³-hybridized carbons (Fsp3) is 0.625. The maximum atomic E-state index is 11.1. The van der Waals surface area contributed by atoms with Crippen LogP contribution in [0.5, 0.6) is 0 Å². The highest BCUT2D eigenvalue weighted by Gasteiger charge is 2.10. The highest BCUT2D eigenvalue weighted by molar-refractivity contribution is 5.71. The number of hydrogen-bond acceptors (Lipinski definition) is 5. The van der Waals surface area contributed by atoms with Gasteiger partial charge in [0.25, 0.3) is 0 Å². The van der Waals surface area contributed by atoms with E-state index in [-0.39, 0.29) is 18.4 Å². The van der Waals surface area contributed by atoms with Crippen LogP contribution in [0.2, 0.25) is 0 Å². The molecule has 1 unspecified atom stereocenters. The molecule has 1 heterocycles. The summed E-state index contributed by atoms with van der Waals surface area (Å²) in [5.41, 5.74) is 5.56. The van der Waals surface area contributed by atoms with Crippen LogP contribution in [0.3, 0.4) is 0 Å². The Morgan fingerprint density at radius 2 is 2.43 bits per heavy atom. The fourth-order valence-corrected chi connectivity index (χ4v) is 0.942. The molecule has 0 bridgehead atoms. The van der Waals surface area contributed by atoms with Gasteiger partial charge in [-0.05, 0) is 13.8 Å². The van der Waals surface area contributed by atoms with E-state index in [1.165, 1.54) is 0 Å². The molecule has 6 heteroatoms. The summed E-state index contributed by atoms with van der Waals surface area (Å²) in [4.78, 5) is 15.1. The zero-order valence-electron chi connectivity index (χ0n) is 8.28. The Kier molecular flexibility index (Phi) is 3.58. The number of nitrogens with one attached hydrogen (secondary N) is 1. The molecule has 78 valence electrons. The minimum Gasteiger partial charge on any atom is -0.466 e. The van der Waals surface area contributed by atoms with Crippen molar-refractivity contribution >= 4 is 5.97 Å². The summed E-state index contributed by atoms with van der Waals surface area (Å²) in [6, 6.07) is -0.234. The van der Waals surface area contributed by atoms with E-state index in [1.54, 1.807) is 13.8 Å². The topological polar surface area (TPSA) is 93.9 Å². The third-order valence-electron chi connectivity index (χ3n) is 1.57. The minimum atomic E-state index is -0.320. The fourth-order valence-electron chi connectivity index (χ4n) is 0.942. The number of ether oxygens (including phenoxy) is 1. The van der Waals surface area contributed by atoms with Crippen LogP contribution in [-0.4, -0.2) is 27.8 Å². The summed E-state index contributed by atoms with van der Waals surface area (Å²) < 4.78 is 4.76. The van der Waals surface area contributed by atoms with Gasteiger partial charge in [-0.15, -0.1) is 0 Å². The van der Waals surface area contributed by atoms with Crippen molar-refractivity contribution in [1.82, 2.24) is 15.2 Å². The highest BCUT2D eigenvalue weighted by Crippen LogP contribution is 2.02. The number of H-pyrrole nitrogens is 1. The maximum Gasteiger partial charge on any atom is 0.313 e. The third-order valence-corrected chi connectivity index (χ3v) is 1.57. The summed E-state index contributed by atoms with van der Waals surface area (Å²) in [6.45, 7) is 3.90. The molecule has 0 fully saturated rings. The van der Waals surface area contributed by atoms with Gasteiger partial charge in [0.1, 0.15) is 12.2 Å². The third kappa shape index (κ3) is 2.81. The van der Waals surface area contributed by atoms with Gasteiger partial charge in [-0.1, -0.05) is 0 Å². The molecule has 1 rings (SSSR count). The van der Waals surface area contributed by atoms with Crippen molar-refractivity contribution in [2.24, 2.45) is 5.73 Å². The molecule has 0 aliphatic rings. The van der Waals surface area contributed by atoms with Crippen LogP contribution in [0, 0.1) is 0 Å². The Balaban J connectivity index is 2.55. The van der Waals surface area contributed by atoms with Gasteiger partial charge in [0, 0.05) is 0 Å². The monoisotopic (exact) mass is 198 g/mol. The molecule has 0 aliphatic heterocycles. The number of carbonyl (C=O) groups is 1. The minimum absolute atomic E-state index is 0.105. The predicted octanol–water partition coefficient (Wildman–Crippen LogP) is -0.0700. The number of aromatic nitrogens is 3. The van der Waals surface area contributed by atoms with Crippen molar-refractivity contribution in [1.29, 1.82) is 0 Å². The van der Waals surface area contributed by atoms with Crippen LogP contribution < -0.4 is 5.73 Å².